The summed E-state index contributed by atoms with van der Waals surface area (Å²) in [6, 6.07) is 3.42. The molecule has 1 aromatic carbocycles. The lowest BCUT2D eigenvalue weighted by atomic mass is 9.55. The molecule has 0 heterocycles. The monoisotopic (exact) mass is 467 g/mol. The SMILES string of the molecule is C[C@H]1c2ccc(C=C3CCC3)c(O)c2C(O)=C2C(=O)[C@]3(O)C(O)=C(C(N)=O)C(=O)C[C@@H]3[C@@H](O)[C@@H]21. The van der Waals surface area contributed by atoms with Crippen molar-refractivity contribution in [2.75, 3.05) is 0 Å². The number of allylic oxidation sites excluding steroid dienone is 1. The van der Waals surface area contributed by atoms with Gasteiger partial charge in [0.2, 0.25) is 5.78 Å². The summed E-state index contributed by atoms with van der Waals surface area (Å²) in [5.74, 6) is -8.48. The first-order valence-corrected chi connectivity index (χ1v) is 11.2. The van der Waals surface area contributed by atoms with Gasteiger partial charge in [-0.2, -0.15) is 0 Å². The predicted molar refractivity (Wildman–Crippen MR) is 119 cm³/mol. The zero-order chi connectivity index (χ0) is 24.7. The van der Waals surface area contributed by atoms with Crippen molar-refractivity contribution < 1.29 is 39.9 Å². The highest BCUT2D eigenvalue weighted by Crippen LogP contribution is 2.56. The van der Waals surface area contributed by atoms with Crippen molar-refractivity contribution in [1.29, 1.82) is 0 Å². The lowest BCUT2D eigenvalue weighted by Gasteiger charge is -2.50. The number of amides is 1. The number of rotatable bonds is 2. The van der Waals surface area contributed by atoms with Crippen LogP contribution in [0.4, 0.5) is 0 Å². The van der Waals surface area contributed by atoms with Crippen LogP contribution in [-0.4, -0.2) is 54.7 Å². The van der Waals surface area contributed by atoms with E-state index in [1.54, 1.807) is 19.1 Å². The summed E-state index contributed by atoms with van der Waals surface area (Å²) in [4.78, 5) is 37.8. The molecule has 7 N–H and O–H groups in total. The number of aromatic hydroxyl groups is 1. The normalized spacial score (nSPS) is 32.6. The lowest BCUT2D eigenvalue weighted by molar-refractivity contribution is -0.160. The molecule has 178 valence electrons. The second-order valence-corrected chi connectivity index (χ2v) is 9.61. The number of aliphatic hydroxyl groups is 4. The van der Waals surface area contributed by atoms with Crippen molar-refractivity contribution in [3.63, 3.8) is 0 Å². The summed E-state index contributed by atoms with van der Waals surface area (Å²) in [5, 5.41) is 55.3. The Balaban J connectivity index is 1.73. The number of benzene rings is 1. The van der Waals surface area contributed by atoms with Crippen LogP contribution in [-0.2, 0) is 14.4 Å². The van der Waals surface area contributed by atoms with Crippen LogP contribution in [0.15, 0.2) is 34.6 Å². The molecule has 0 unspecified atom stereocenters. The van der Waals surface area contributed by atoms with Gasteiger partial charge in [0.05, 0.1) is 11.7 Å². The molecule has 0 spiro atoms. The largest absolute Gasteiger partial charge is 0.508 e. The molecule has 5 rings (SSSR count). The summed E-state index contributed by atoms with van der Waals surface area (Å²) >= 11 is 0. The smallest absolute Gasteiger partial charge is 0.255 e. The van der Waals surface area contributed by atoms with Crippen LogP contribution in [0.25, 0.3) is 11.8 Å². The van der Waals surface area contributed by atoms with E-state index in [1.807, 2.05) is 6.08 Å². The third-order valence-electron chi connectivity index (χ3n) is 7.89. The zero-order valence-electron chi connectivity index (χ0n) is 18.4. The first-order valence-electron chi connectivity index (χ1n) is 11.2. The molecule has 4 aliphatic rings. The maximum absolute atomic E-state index is 13.6. The summed E-state index contributed by atoms with van der Waals surface area (Å²) in [7, 11) is 0. The first kappa shape index (κ1) is 22.4. The van der Waals surface area contributed by atoms with E-state index in [1.165, 1.54) is 0 Å². The van der Waals surface area contributed by atoms with Gasteiger partial charge in [0.1, 0.15) is 22.8 Å². The van der Waals surface area contributed by atoms with Gasteiger partial charge in [0.25, 0.3) is 5.91 Å². The third-order valence-corrected chi connectivity index (χ3v) is 7.89. The second kappa shape index (κ2) is 7.28. The Morgan fingerprint density at radius 1 is 1.18 bits per heavy atom. The highest BCUT2D eigenvalue weighted by atomic mass is 16.4. The average molecular weight is 467 g/mol. The van der Waals surface area contributed by atoms with Crippen LogP contribution in [0.1, 0.15) is 55.2 Å². The number of phenols is 1. The molecule has 4 aliphatic carbocycles. The van der Waals surface area contributed by atoms with E-state index in [0.29, 0.717) is 11.1 Å². The summed E-state index contributed by atoms with van der Waals surface area (Å²) in [6.07, 6.45) is 2.59. The predicted octanol–water partition coefficient (Wildman–Crippen LogP) is 1.52. The van der Waals surface area contributed by atoms with Crippen LogP contribution >= 0.6 is 0 Å². The van der Waals surface area contributed by atoms with Crippen LogP contribution < -0.4 is 5.73 Å². The van der Waals surface area contributed by atoms with Gasteiger partial charge < -0.3 is 31.3 Å². The van der Waals surface area contributed by atoms with Crippen molar-refractivity contribution in [2.45, 2.75) is 50.2 Å². The minimum Gasteiger partial charge on any atom is -0.508 e. The standard InChI is InChI=1S/C25H25NO8/c1-9-12-6-5-11(7-10-3-2-4-10)19(28)16(12)21(30)18-15(9)20(29)13-8-14(27)17(24(26)33)22(31)25(13,34)23(18)32/h5-7,9,13,15,20,28-31,34H,2-4,8H2,1H3,(H2,26,33)/t9-,13+,15+,20+,25+/m0/s1. The van der Waals surface area contributed by atoms with Crippen molar-refractivity contribution in [3.05, 3.63) is 51.3 Å². The van der Waals surface area contributed by atoms with Crippen LogP contribution in [0, 0.1) is 11.8 Å². The maximum atomic E-state index is 13.6. The Kier molecular flexibility index (Phi) is 4.79. The number of ketones is 2. The van der Waals surface area contributed by atoms with Gasteiger partial charge in [0, 0.05) is 29.4 Å². The summed E-state index contributed by atoms with van der Waals surface area (Å²) < 4.78 is 0. The van der Waals surface area contributed by atoms with Gasteiger partial charge in [-0.05, 0) is 30.7 Å². The molecule has 1 aromatic rings. The molecular weight excluding hydrogens is 442 g/mol. The maximum Gasteiger partial charge on any atom is 0.255 e. The molecular formula is C25H25NO8. The van der Waals surface area contributed by atoms with Gasteiger partial charge in [-0.25, -0.2) is 0 Å². The number of nitrogens with two attached hydrogens (primary N) is 1. The van der Waals surface area contributed by atoms with Gasteiger partial charge in [-0.15, -0.1) is 0 Å². The number of primary amides is 1. The Morgan fingerprint density at radius 2 is 1.85 bits per heavy atom. The summed E-state index contributed by atoms with van der Waals surface area (Å²) in [5.41, 5.74) is 3.20. The number of hydrogen-bond acceptors (Lipinski definition) is 8. The Bertz CT molecular complexity index is 1270. The summed E-state index contributed by atoms with van der Waals surface area (Å²) in [6.45, 7) is 1.70. The number of phenolic OH excluding ortho intramolecular Hbond substituents is 1. The molecule has 2 saturated carbocycles. The fraction of sp³-hybridized carbons (Fsp3) is 0.400. The second-order valence-electron chi connectivity index (χ2n) is 9.61. The van der Waals surface area contributed by atoms with E-state index in [2.05, 4.69) is 0 Å². The lowest BCUT2D eigenvalue weighted by Crippen LogP contribution is -2.63. The zero-order valence-corrected chi connectivity index (χ0v) is 18.4. The number of carbonyl (C=O) groups excluding carboxylic acids is 3. The average Bonchev–Trinajstić information content (AvgIpc) is 2.74. The fourth-order valence-electron chi connectivity index (χ4n) is 5.88. The fourth-order valence-corrected chi connectivity index (χ4v) is 5.88. The van der Waals surface area contributed by atoms with Gasteiger partial charge in [-0.3, -0.25) is 14.4 Å². The minimum atomic E-state index is -2.82. The minimum absolute atomic E-state index is 0.0144. The number of fused-ring (bicyclic) bond motifs is 3. The number of aliphatic hydroxyl groups excluding tert-OH is 3. The Labute approximate surface area is 194 Å². The van der Waals surface area contributed by atoms with Crippen LogP contribution in [0.5, 0.6) is 5.75 Å². The molecule has 5 atom stereocenters. The molecule has 2 fully saturated rings. The van der Waals surface area contributed by atoms with Crippen molar-refractivity contribution in [2.24, 2.45) is 17.6 Å². The highest BCUT2D eigenvalue weighted by Gasteiger charge is 2.64. The highest BCUT2D eigenvalue weighted by molar-refractivity contribution is 6.23. The van der Waals surface area contributed by atoms with Gasteiger partial charge in [0.15, 0.2) is 11.4 Å². The van der Waals surface area contributed by atoms with Crippen LogP contribution in [0.3, 0.4) is 0 Å². The van der Waals surface area contributed by atoms with Crippen LogP contribution in [0.2, 0.25) is 0 Å². The van der Waals surface area contributed by atoms with E-state index in [9.17, 15) is 39.9 Å². The quantitative estimate of drug-likeness (QED) is 0.354. The molecule has 34 heavy (non-hydrogen) atoms. The van der Waals surface area contributed by atoms with E-state index in [4.69, 9.17) is 5.73 Å². The molecule has 9 nitrogen and oxygen atoms in total. The van der Waals surface area contributed by atoms with E-state index >= 15 is 0 Å². The molecule has 0 saturated heterocycles. The third kappa shape index (κ3) is 2.71. The van der Waals surface area contributed by atoms with Gasteiger partial charge in [-0.1, -0.05) is 30.7 Å². The van der Waals surface area contributed by atoms with E-state index in [-0.39, 0.29) is 16.9 Å². The first-order chi connectivity index (χ1) is 16.0. The number of hydrogen-bond donors (Lipinski definition) is 6. The number of carbonyl (C=O) groups is 3. The Morgan fingerprint density at radius 3 is 2.44 bits per heavy atom. The van der Waals surface area contributed by atoms with Gasteiger partial charge >= 0.3 is 0 Å². The molecule has 0 aromatic heterocycles. The molecule has 0 aliphatic heterocycles. The molecule has 9 heteroatoms. The van der Waals surface area contributed by atoms with E-state index in [0.717, 1.165) is 24.8 Å². The van der Waals surface area contributed by atoms with E-state index < -0.39 is 70.4 Å². The Hall–Kier alpha value is -3.43. The molecule has 1 amide bonds. The van der Waals surface area contributed by atoms with Crippen molar-refractivity contribution in [3.8, 4) is 5.75 Å². The molecule has 0 bridgehead atoms. The molecule has 0 radical (unpaired) electrons. The topological polar surface area (TPSA) is 178 Å². The van der Waals surface area contributed by atoms with Crippen molar-refractivity contribution >= 4 is 29.3 Å². The number of Topliss-reactive ketones (excluding diaryl/α,β-unsaturated/α-hetero) is 2. The van der Waals surface area contributed by atoms with Crippen molar-refractivity contribution in [1.82, 2.24) is 0 Å².